The minimum atomic E-state index is -0.643. The molecule has 0 unspecified atom stereocenters. The molecule has 2 aliphatic rings. The minimum Gasteiger partial charge on any atom is -0.486 e. The van der Waals surface area contributed by atoms with Gasteiger partial charge in [-0.05, 0) is 92.0 Å². The Balaban J connectivity index is 1.09. The maximum atomic E-state index is 14.6. The number of halogens is 1. The van der Waals surface area contributed by atoms with E-state index in [1.165, 1.54) is 29.5 Å². The Hall–Kier alpha value is -4.48. The monoisotopic (exact) mass is 589 g/mol. The van der Waals surface area contributed by atoms with Crippen LogP contribution in [0.25, 0.3) is 10.1 Å². The predicted molar refractivity (Wildman–Crippen MR) is 158 cm³/mol. The SMILES string of the molecule is O=C(COc1ccc2cc(C(=O)Nc3cc(NC(=O)c4ccc5c(c4)OCCO5)ccc3F)sc2c1)CN1CCCC1. The lowest BCUT2D eigenvalue weighted by atomic mass is 10.1. The second-order valence-electron chi connectivity index (χ2n) is 10.1. The molecule has 9 nitrogen and oxygen atoms in total. The van der Waals surface area contributed by atoms with Gasteiger partial charge in [-0.3, -0.25) is 19.3 Å². The largest absolute Gasteiger partial charge is 0.486 e. The number of thiophene rings is 1. The molecule has 216 valence electrons. The number of amides is 2. The number of ether oxygens (including phenoxy) is 3. The van der Waals surface area contributed by atoms with E-state index in [2.05, 4.69) is 15.5 Å². The van der Waals surface area contributed by atoms with Crippen LogP contribution in [-0.2, 0) is 4.79 Å². The van der Waals surface area contributed by atoms with Crippen LogP contribution in [0.5, 0.6) is 17.2 Å². The molecule has 3 heterocycles. The van der Waals surface area contributed by atoms with Crippen molar-refractivity contribution < 1.29 is 33.0 Å². The maximum Gasteiger partial charge on any atom is 0.265 e. The fourth-order valence-corrected chi connectivity index (χ4v) is 5.87. The number of carbonyl (C=O) groups excluding carboxylic acids is 3. The highest BCUT2D eigenvalue weighted by Gasteiger charge is 2.18. The van der Waals surface area contributed by atoms with Crippen molar-refractivity contribution in [2.45, 2.75) is 12.8 Å². The van der Waals surface area contributed by atoms with Crippen molar-refractivity contribution in [3.8, 4) is 17.2 Å². The summed E-state index contributed by atoms with van der Waals surface area (Å²) in [5, 5.41) is 6.14. The van der Waals surface area contributed by atoms with Crippen molar-refractivity contribution in [1.82, 2.24) is 4.90 Å². The Morgan fingerprint density at radius 1 is 0.881 bits per heavy atom. The zero-order valence-electron chi connectivity index (χ0n) is 22.6. The van der Waals surface area contributed by atoms with Gasteiger partial charge >= 0.3 is 0 Å². The van der Waals surface area contributed by atoms with E-state index in [1.807, 2.05) is 6.07 Å². The molecule has 0 spiro atoms. The summed E-state index contributed by atoms with van der Waals surface area (Å²) >= 11 is 1.23. The first kappa shape index (κ1) is 27.7. The number of rotatable bonds is 9. The van der Waals surface area contributed by atoms with E-state index >= 15 is 0 Å². The summed E-state index contributed by atoms with van der Waals surface area (Å²) in [5.74, 6) is 0.0565. The Bertz CT molecular complexity index is 1670. The number of carbonyl (C=O) groups is 3. The van der Waals surface area contributed by atoms with Gasteiger partial charge < -0.3 is 24.8 Å². The normalized spacial score (nSPS) is 14.5. The summed E-state index contributed by atoms with van der Waals surface area (Å²) in [6.45, 7) is 3.12. The number of ketones is 1. The van der Waals surface area contributed by atoms with Gasteiger partial charge in [0.1, 0.15) is 31.4 Å². The lowest BCUT2D eigenvalue weighted by Gasteiger charge is -2.18. The van der Waals surface area contributed by atoms with Crippen LogP contribution in [0.4, 0.5) is 15.8 Å². The standard InChI is InChI=1S/C31H28FN3O6S/c32-24-7-5-21(33-30(37)20-4-8-26-27(13-20)40-12-11-39-26)15-25(24)34-31(38)29-14-19-3-6-23(16-28(19)42-29)41-18-22(36)17-35-9-1-2-10-35/h3-8,13-16H,1-2,9-12,17-18H2,(H,33,37)(H,34,38). The number of hydrogen-bond donors (Lipinski definition) is 2. The van der Waals surface area contributed by atoms with E-state index < -0.39 is 17.6 Å². The quantitative estimate of drug-likeness (QED) is 0.271. The van der Waals surface area contributed by atoms with Crippen LogP contribution in [-0.4, -0.2) is 62.0 Å². The average Bonchev–Trinajstić information content (AvgIpc) is 3.67. The van der Waals surface area contributed by atoms with Crippen molar-refractivity contribution in [1.29, 1.82) is 0 Å². The first-order chi connectivity index (χ1) is 20.4. The lowest BCUT2D eigenvalue weighted by Crippen LogP contribution is -2.29. The number of hydrogen-bond acceptors (Lipinski definition) is 8. The van der Waals surface area contributed by atoms with Crippen molar-refractivity contribution in [2.24, 2.45) is 0 Å². The number of fused-ring (bicyclic) bond motifs is 2. The van der Waals surface area contributed by atoms with E-state index in [4.69, 9.17) is 14.2 Å². The van der Waals surface area contributed by atoms with Gasteiger partial charge in [0, 0.05) is 16.0 Å². The van der Waals surface area contributed by atoms with Crippen molar-refractivity contribution in [2.75, 3.05) is 50.1 Å². The molecule has 1 aromatic heterocycles. The number of nitrogens with zero attached hydrogens (tertiary/aromatic N) is 1. The summed E-state index contributed by atoms with van der Waals surface area (Å²) < 4.78 is 32.1. The molecule has 2 aliphatic heterocycles. The fourth-order valence-electron chi connectivity index (χ4n) is 4.88. The highest BCUT2D eigenvalue weighted by Crippen LogP contribution is 2.32. The van der Waals surface area contributed by atoms with Gasteiger partial charge in [0.05, 0.1) is 17.1 Å². The Morgan fingerprint density at radius 2 is 1.69 bits per heavy atom. The zero-order valence-corrected chi connectivity index (χ0v) is 23.4. The second-order valence-corrected chi connectivity index (χ2v) is 11.2. The van der Waals surface area contributed by atoms with Gasteiger partial charge in [-0.2, -0.15) is 0 Å². The van der Waals surface area contributed by atoms with Gasteiger partial charge in [0.25, 0.3) is 11.8 Å². The van der Waals surface area contributed by atoms with Crippen LogP contribution in [0.3, 0.4) is 0 Å². The van der Waals surface area contributed by atoms with Crippen LogP contribution < -0.4 is 24.8 Å². The molecule has 2 amide bonds. The smallest absolute Gasteiger partial charge is 0.265 e. The zero-order chi connectivity index (χ0) is 29.1. The second kappa shape index (κ2) is 12.2. The number of anilines is 2. The van der Waals surface area contributed by atoms with Crippen LogP contribution >= 0.6 is 11.3 Å². The van der Waals surface area contributed by atoms with Gasteiger partial charge in [0.15, 0.2) is 17.3 Å². The van der Waals surface area contributed by atoms with E-state index in [9.17, 15) is 18.8 Å². The summed E-state index contributed by atoms with van der Waals surface area (Å²) in [4.78, 5) is 40.6. The predicted octanol–water partition coefficient (Wildman–Crippen LogP) is 5.36. The third-order valence-electron chi connectivity index (χ3n) is 6.99. The van der Waals surface area contributed by atoms with E-state index in [0.29, 0.717) is 53.1 Å². The maximum absolute atomic E-state index is 14.6. The van der Waals surface area contributed by atoms with Gasteiger partial charge in [-0.1, -0.05) is 0 Å². The number of nitrogens with one attached hydrogen (secondary N) is 2. The molecular formula is C31H28FN3O6S. The molecular weight excluding hydrogens is 561 g/mol. The van der Waals surface area contributed by atoms with Gasteiger partial charge in [-0.25, -0.2) is 4.39 Å². The first-order valence-corrected chi connectivity index (χ1v) is 14.5. The van der Waals surface area contributed by atoms with Crippen molar-refractivity contribution in [3.05, 3.63) is 76.9 Å². The molecule has 3 aromatic carbocycles. The van der Waals surface area contributed by atoms with Crippen molar-refractivity contribution in [3.63, 3.8) is 0 Å². The first-order valence-electron chi connectivity index (χ1n) is 13.6. The molecule has 0 saturated carbocycles. The van der Waals surface area contributed by atoms with Crippen LogP contribution in [0.15, 0.2) is 60.7 Å². The molecule has 0 bridgehead atoms. The molecule has 6 rings (SSSR count). The third kappa shape index (κ3) is 6.37. The molecule has 0 radical (unpaired) electrons. The number of likely N-dealkylation sites (tertiary alicyclic amines) is 1. The minimum absolute atomic E-state index is 0.0124. The molecule has 4 aromatic rings. The Kier molecular flexibility index (Phi) is 8.02. The van der Waals surface area contributed by atoms with E-state index in [-0.39, 0.29) is 18.1 Å². The van der Waals surface area contributed by atoms with Crippen molar-refractivity contribution >= 4 is 50.4 Å². The van der Waals surface area contributed by atoms with Crippen LogP contribution in [0.2, 0.25) is 0 Å². The molecule has 0 atom stereocenters. The number of Topliss-reactive ketones (excluding diaryl/α,β-unsaturated/α-hetero) is 1. The molecule has 2 N–H and O–H groups in total. The average molecular weight is 590 g/mol. The Morgan fingerprint density at radius 3 is 2.52 bits per heavy atom. The molecule has 0 aliphatic carbocycles. The van der Waals surface area contributed by atoms with Gasteiger partial charge in [0.2, 0.25) is 0 Å². The van der Waals surface area contributed by atoms with E-state index in [1.54, 1.807) is 36.4 Å². The summed E-state index contributed by atoms with van der Waals surface area (Å²) in [6, 6.07) is 15.9. The topological polar surface area (TPSA) is 106 Å². The summed E-state index contributed by atoms with van der Waals surface area (Å²) in [6.07, 6.45) is 2.24. The Labute approximate surface area is 245 Å². The lowest BCUT2D eigenvalue weighted by molar-refractivity contribution is -0.121. The summed E-state index contributed by atoms with van der Waals surface area (Å²) in [7, 11) is 0. The van der Waals surface area contributed by atoms with E-state index in [0.717, 1.165) is 36.0 Å². The highest BCUT2D eigenvalue weighted by atomic mass is 32.1. The molecule has 1 saturated heterocycles. The molecule has 42 heavy (non-hydrogen) atoms. The number of benzene rings is 3. The summed E-state index contributed by atoms with van der Waals surface area (Å²) in [5.41, 5.74) is 0.584. The highest BCUT2D eigenvalue weighted by molar-refractivity contribution is 7.20. The van der Waals surface area contributed by atoms with Crippen LogP contribution in [0, 0.1) is 5.82 Å². The fraction of sp³-hybridized carbons (Fsp3) is 0.258. The molecule has 1 fully saturated rings. The van der Waals surface area contributed by atoms with Crippen LogP contribution in [0.1, 0.15) is 32.9 Å². The molecule has 11 heteroatoms. The third-order valence-corrected chi connectivity index (χ3v) is 8.09. The van der Waals surface area contributed by atoms with Gasteiger partial charge in [-0.15, -0.1) is 11.3 Å².